The van der Waals surface area contributed by atoms with Crippen LogP contribution < -0.4 is 19.5 Å². The Morgan fingerprint density at radius 3 is 2.32 bits per heavy atom. The number of rotatable bonds is 9. The van der Waals surface area contributed by atoms with Crippen molar-refractivity contribution in [1.82, 2.24) is 5.32 Å². The summed E-state index contributed by atoms with van der Waals surface area (Å²) in [5.74, 6) is 2.14. The minimum atomic E-state index is -0.182. The number of benzene rings is 2. The topological polar surface area (TPSA) is 56.8 Å². The van der Waals surface area contributed by atoms with Crippen molar-refractivity contribution in [2.45, 2.75) is 11.8 Å². The predicted molar refractivity (Wildman–Crippen MR) is 100.0 cm³/mol. The van der Waals surface area contributed by atoms with Crippen LogP contribution in [0.25, 0.3) is 0 Å². The number of hydrogen-bond acceptors (Lipinski definition) is 5. The Morgan fingerprint density at radius 1 is 1.08 bits per heavy atom. The fourth-order valence-corrected chi connectivity index (χ4v) is 3.01. The third kappa shape index (κ3) is 5.90. The Bertz CT molecular complexity index is 666. The zero-order chi connectivity index (χ0) is 18.1. The molecule has 0 radical (unpaired) electrons. The van der Waals surface area contributed by atoms with Gasteiger partial charge in [-0.1, -0.05) is 18.2 Å². The van der Waals surface area contributed by atoms with Gasteiger partial charge in [-0.05, 0) is 36.8 Å². The molecule has 6 heteroatoms. The summed E-state index contributed by atoms with van der Waals surface area (Å²) in [5.41, 5.74) is 0.989. The molecule has 0 saturated carbocycles. The maximum absolute atomic E-state index is 12.0. The lowest BCUT2D eigenvalue weighted by Gasteiger charge is -2.15. The van der Waals surface area contributed by atoms with Crippen molar-refractivity contribution in [3.05, 3.63) is 48.0 Å². The number of amides is 1. The molecule has 25 heavy (non-hydrogen) atoms. The van der Waals surface area contributed by atoms with E-state index in [9.17, 15) is 4.79 Å². The third-order valence-corrected chi connectivity index (χ3v) is 4.40. The number of hydrogen-bond donors (Lipinski definition) is 1. The Kier molecular flexibility index (Phi) is 7.47. The smallest absolute Gasteiger partial charge is 0.257 e. The van der Waals surface area contributed by atoms with Crippen molar-refractivity contribution in [1.29, 1.82) is 0 Å². The van der Waals surface area contributed by atoms with Crippen molar-refractivity contribution in [3.63, 3.8) is 0 Å². The van der Waals surface area contributed by atoms with Gasteiger partial charge in [0, 0.05) is 17.2 Å². The summed E-state index contributed by atoms with van der Waals surface area (Å²) in [5, 5.41) is 2.84. The lowest BCUT2D eigenvalue weighted by atomic mass is 10.2. The summed E-state index contributed by atoms with van der Waals surface area (Å²) in [6.07, 6.45) is 0. The Labute approximate surface area is 152 Å². The molecule has 2 rings (SSSR count). The van der Waals surface area contributed by atoms with Crippen LogP contribution in [0.5, 0.6) is 17.2 Å². The fraction of sp³-hybridized carbons (Fsp3) is 0.316. The largest absolute Gasteiger partial charge is 0.493 e. The Hall–Kier alpha value is -2.34. The van der Waals surface area contributed by atoms with Gasteiger partial charge in [-0.25, -0.2) is 0 Å². The molecule has 1 amide bonds. The van der Waals surface area contributed by atoms with Crippen LogP contribution in [0.3, 0.4) is 0 Å². The van der Waals surface area contributed by atoms with E-state index in [2.05, 4.69) is 5.32 Å². The molecule has 0 spiro atoms. The van der Waals surface area contributed by atoms with Crippen LogP contribution >= 0.6 is 11.8 Å². The molecule has 0 aliphatic carbocycles. The number of carbonyl (C=O) groups is 1. The number of thioether (sulfide) groups is 1. The highest BCUT2D eigenvalue weighted by atomic mass is 32.2. The minimum absolute atomic E-state index is 0.0915. The van der Waals surface area contributed by atoms with Crippen LogP contribution in [0.15, 0.2) is 47.4 Å². The van der Waals surface area contributed by atoms with Gasteiger partial charge in [0.05, 0.1) is 14.2 Å². The summed E-state index contributed by atoms with van der Waals surface area (Å²) in [6.45, 7) is 2.42. The molecule has 1 N–H and O–H groups in total. The predicted octanol–water partition coefficient (Wildman–Crippen LogP) is 3.30. The second-order valence-corrected chi connectivity index (χ2v) is 6.47. The van der Waals surface area contributed by atoms with Crippen molar-refractivity contribution in [3.8, 4) is 17.2 Å². The van der Waals surface area contributed by atoms with Gasteiger partial charge in [-0.15, -0.1) is 11.8 Å². The average Bonchev–Trinajstić information content (AvgIpc) is 2.64. The van der Waals surface area contributed by atoms with Crippen molar-refractivity contribution in [2.24, 2.45) is 0 Å². The molecule has 134 valence electrons. The van der Waals surface area contributed by atoms with Gasteiger partial charge < -0.3 is 19.5 Å². The molecule has 0 aliphatic rings. The molecule has 0 fully saturated rings. The molecule has 0 bridgehead atoms. The van der Waals surface area contributed by atoms with Crippen LogP contribution in [0.1, 0.15) is 5.56 Å². The minimum Gasteiger partial charge on any atom is -0.493 e. The lowest BCUT2D eigenvalue weighted by molar-refractivity contribution is -0.123. The van der Waals surface area contributed by atoms with E-state index >= 15 is 0 Å². The van der Waals surface area contributed by atoms with Crippen LogP contribution in [0.2, 0.25) is 0 Å². The molecular weight excluding hydrogens is 338 g/mol. The van der Waals surface area contributed by atoms with Gasteiger partial charge in [-0.2, -0.15) is 0 Å². The van der Waals surface area contributed by atoms with E-state index in [1.807, 2.05) is 49.4 Å². The van der Waals surface area contributed by atoms with Crippen LogP contribution in [-0.2, 0) is 4.79 Å². The molecule has 0 aromatic heterocycles. The zero-order valence-corrected chi connectivity index (χ0v) is 15.5. The summed E-state index contributed by atoms with van der Waals surface area (Å²) >= 11 is 1.70. The van der Waals surface area contributed by atoms with E-state index in [1.165, 1.54) is 4.90 Å². The zero-order valence-electron chi connectivity index (χ0n) is 14.7. The standard InChI is InChI=1S/C19H23NO4S/c1-14-11-16(22-2)19(17(12-14)23-3)24-13-18(21)20-9-10-25-15-7-5-4-6-8-15/h4-8,11-12H,9-10,13H2,1-3H3,(H,20,21). The second-order valence-electron chi connectivity index (χ2n) is 5.30. The summed E-state index contributed by atoms with van der Waals surface area (Å²) < 4.78 is 16.2. The van der Waals surface area contributed by atoms with Gasteiger partial charge in [-0.3, -0.25) is 4.79 Å². The molecule has 5 nitrogen and oxygen atoms in total. The first kappa shape index (κ1) is 19.0. The van der Waals surface area contributed by atoms with E-state index in [-0.39, 0.29) is 12.5 Å². The molecular formula is C19H23NO4S. The lowest BCUT2D eigenvalue weighted by Crippen LogP contribution is -2.30. The van der Waals surface area contributed by atoms with Gasteiger partial charge in [0.2, 0.25) is 5.75 Å². The SMILES string of the molecule is COc1cc(C)cc(OC)c1OCC(=O)NCCSc1ccccc1. The molecule has 2 aromatic rings. The first-order valence-electron chi connectivity index (χ1n) is 7.94. The number of nitrogens with one attached hydrogen (secondary N) is 1. The van der Waals surface area contributed by atoms with E-state index in [0.29, 0.717) is 23.8 Å². The Balaban J connectivity index is 1.80. The second kappa shape index (κ2) is 9.84. The highest BCUT2D eigenvalue weighted by Gasteiger charge is 2.14. The highest BCUT2D eigenvalue weighted by molar-refractivity contribution is 7.99. The van der Waals surface area contributed by atoms with E-state index < -0.39 is 0 Å². The van der Waals surface area contributed by atoms with Crippen LogP contribution in [0, 0.1) is 6.92 Å². The van der Waals surface area contributed by atoms with E-state index in [1.54, 1.807) is 26.0 Å². The van der Waals surface area contributed by atoms with Gasteiger partial charge in [0.1, 0.15) is 0 Å². The van der Waals surface area contributed by atoms with Gasteiger partial charge >= 0.3 is 0 Å². The summed E-state index contributed by atoms with van der Waals surface area (Å²) in [7, 11) is 3.11. The maximum Gasteiger partial charge on any atom is 0.257 e. The van der Waals surface area contributed by atoms with E-state index in [4.69, 9.17) is 14.2 Å². The quantitative estimate of drug-likeness (QED) is 0.549. The molecule has 0 unspecified atom stereocenters. The molecule has 0 aliphatic heterocycles. The van der Waals surface area contributed by atoms with Gasteiger partial charge in [0.25, 0.3) is 5.91 Å². The van der Waals surface area contributed by atoms with Crippen molar-refractivity contribution in [2.75, 3.05) is 33.1 Å². The summed E-state index contributed by atoms with van der Waals surface area (Å²) in [6, 6.07) is 13.8. The number of ether oxygens (including phenoxy) is 3. The van der Waals surface area contributed by atoms with Crippen molar-refractivity contribution < 1.29 is 19.0 Å². The molecule has 0 heterocycles. The Morgan fingerprint density at radius 2 is 1.72 bits per heavy atom. The first-order chi connectivity index (χ1) is 12.1. The van der Waals surface area contributed by atoms with Crippen LogP contribution in [-0.4, -0.2) is 39.0 Å². The molecule has 2 aromatic carbocycles. The van der Waals surface area contributed by atoms with Gasteiger partial charge in [0.15, 0.2) is 18.1 Å². The first-order valence-corrected chi connectivity index (χ1v) is 8.92. The third-order valence-electron chi connectivity index (χ3n) is 3.39. The fourth-order valence-electron chi connectivity index (χ4n) is 2.22. The van der Waals surface area contributed by atoms with E-state index in [0.717, 1.165) is 11.3 Å². The monoisotopic (exact) mass is 361 g/mol. The number of methoxy groups -OCH3 is 2. The summed E-state index contributed by atoms with van der Waals surface area (Å²) in [4.78, 5) is 13.1. The van der Waals surface area contributed by atoms with Crippen LogP contribution in [0.4, 0.5) is 0 Å². The number of carbonyl (C=O) groups excluding carboxylic acids is 1. The highest BCUT2D eigenvalue weighted by Crippen LogP contribution is 2.38. The molecule has 0 saturated heterocycles. The van der Waals surface area contributed by atoms with Crippen molar-refractivity contribution >= 4 is 17.7 Å². The number of aryl methyl sites for hydroxylation is 1. The maximum atomic E-state index is 12.0. The average molecular weight is 361 g/mol. The normalized spacial score (nSPS) is 10.2. The molecule has 0 atom stereocenters.